The zero-order valence-electron chi connectivity index (χ0n) is 20.3. The van der Waals surface area contributed by atoms with E-state index in [0.29, 0.717) is 18.9 Å². The summed E-state index contributed by atoms with van der Waals surface area (Å²) in [6.45, 7) is 6.84. The fraction of sp³-hybridized carbons (Fsp3) is 0.625. The molecule has 9 heteroatoms. The van der Waals surface area contributed by atoms with Crippen molar-refractivity contribution in [3.63, 3.8) is 0 Å². The van der Waals surface area contributed by atoms with Crippen LogP contribution in [0.25, 0.3) is 0 Å². The van der Waals surface area contributed by atoms with Crippen LogP contribution >= 0.6 is 0 Å². The van der Waals surface area contributed by atoms with Crippen LogP contribution in [0.4, 0.5) is 0 Å². The zero-order valence-corrected chi connectivity index (χ0v) is 20.3. The molecule has 1 aliphatic rings. The van der Waals surface area contributed by atoms with Crippen LogP contribution < -0.4 is 20.1 Å². The van der Waals surface area contributed by atoms with Gasteiger partial charge < -0.3 is 34.7 Å². The van der Waals surface area contributed by atoms with Crippen LogP contribution in [-0.2, 0) is 24.5 Å². The standard InChI is InChI=1S/C22H36N2O3.C2H2O4/c1-17(2)20-15-22(11-14-27-20,18-9-6-7-10-19(18)26-5)16-21(25)23-12-8-13-24(3)4;3-1(4)2(5)6/h6-7,9-10,17,20H,8,11-16H2,1-5H3,(H,23,25);(H,3,4)(H,5,6). The smallest absolute Gasteiger partial charge is 0.351 e. The van der Waals surface area contributed by atoms with Crippen molar-refractivity contribution < 1.29 is 39.0 Å². The molecule has 0 aromatic heterocycles. The normalized spacial score (nSPS) is 20.0. The van der Waals surface area contributed by atoms with Crippen molar-refractivity contribution in [1.82, 2.24) is 5.32 Å². The third-order valence-electron chi connectivity index (χ3n) is 5.78. The molecule has 2 atom stereocenters. The molecule has 2 rings (SSSR count). The summed E-state index contributed by atoms with van der Waals surface area (Å²) in [4.78, 5) is 32.2. The van der Waals surface area contributed by atoms with Gasteiger partial charge in [0, 0.05) is 37.0 Å². The van der Waals surface area contributed by atoms with Gasteiger partial charge in [0.2, 0.25) is 5.91 Å². The van der Waals surface area contributed by atoms with E-state index >= 15 is 0 Å². The second-order valence-corrected chi connectivity index (χ2v) is 9.02. The van der Waals surface area contributed by atoms with Crippen molar-refractivity contribution in [3.8, 4) is 5.75 Å². The van der Waals surface area contributed by atoms with Gasteiger partial charge >= 0.3 is 5.97 Å². The van der Waals surface area contributed by atoms with Gasteiger partial charge in [-0.2, -0.15) is 0 Å². The third kappa shape index (κ3) is 9.39. The number of amides is 1. The lowest BCUT2D eigenvalue weighted by atomic mass is 9.68. The first-order chi connectivity index (χ1) is 15.5. The average molecular weight is 467 g/mol. The molecule has 1 amide bonds. The first-order valence-corrected chi connectivity index (χ1v) is 11.3. The number of hydrogen-bond acceptors (Lipinski definition) is 6. The molecule has 1 aromatic rings. The molecule has 9 nitrogen and oxygen atoms in total. The molecule has 1 saturated heterocycles. The lowest BCUT2D eigenvalue weighted by Crippen LogP contribution is -3.05. The molecule has 186 valence electrons. The van der Waals surface area contributed by atoms with Crippen molar-refractivity contribution >= 4 is 17.8 Å². The van der Waals surface area contributed by atoms with Crippen LogP contribution in [0.3, 0.4) is 0 Å². The fourth-order valence-corrected chi connectivity index (χ4v) is 4.00. The second-order valence-electron chi connectivity index (χ2n) is 9.02. The first-order valence-electron chi connectivity index (χ1n) is 11.3. The highest BCUT2D eigenvalue weighted by Crippen LogP contribution is 2.45. The van der Waals surface area contributed by atoms with Gasteiger partial charge in [-0.25, -0.2) is 4.79 Å². The molecule has 1 aromatic carbocycles. The summed E-state index contributed by atoms with van der Waals surface area (Å²) < 4.78 is 11.7. The number of carboxylic acids is 2. The van der Waals surface area contributed by atoms with E-state index in [9.17, 15) is 4.79 Å². The number of hydrogen-bond donors (Lipinski definition) is 3. The van der Waals surface area contributed by atoms with E-state index < -0.39 is 11.9 Å². The molecule has 0 aliphatic carbocycles. The highest BCUT2D eigenvalue weighted by Gasteiger charge is 2.42. The minimum Gasteiger partial charge on any atom is -0.539 e. The van der Waals surface area contributed by atoms with Crippen molar-refractivity contribution in [2.24, 2.45) is 5.92 Å². The zero-order chi connectivity index (χ0) is 25.0. The lowest BCUT2D eigenvalue weighted by Gasteiger charge is -2.43. The Balaban J connectivity index is 0.000000801. The van der Waals surface area contributed by atoms with Crippen LogP contribution in [0.15, 0.2) is 24.3 Å². The number of carboxylic acid groups (broad SMARTS) is 2. The second kappa shape index (κ2) is 13.8. The fourth-order valence-electron chi connectivity index (χ4n) is 4.00. The van der Waals surface area contributed by atoms with Crippen LogP contribution in [-0.4, -0.2) is 70.0 Å². The molecule has 1 heterocycles. The summed E-state index contributed by atoms with van der Waals surface area (Å²) in [5, 5.41) is 19.4. The molecule has 0 bridgehead atoms. The highest BCUT2D eigenvalue weighted by atomic mass is 16.5. The van der Waals surface area contributed by atoms with Gasteiger partial charge in [0.05, 0.1) is 33.9 Å². The van der Waals surface area contributed by atoms with Crippen LogP contribution in [0, 0.1) is 5.92 Å². The van der Waals surface area contributed by atoms with Crippen molar-refractivity contribution in [2.75, 3.05) is 40.9 Å². The minimum absolute atomic E-state index is 0.124. The molecule has 33 heavy (non-hydrogen) atoms. The van der Waals surface area contributed by atoms with E-state index in [1.807, 2.05) is 18.2 Å². The summed E-state index contributed by atoms with van der Waals surface area (Å²) in [5.74, 6) is -2.60. The number of para-hydroxylation sites is 1. The predicted octanol–water partition coefficient (Wildman–Crippen LogP) is -0.370. The van der Waals surface area contributed by atoms with Crippen LogP contribution in [0.2, 0.25) is 0 Å². The SMILES string of the molecule is COc1ccccc1C1(CC(=O)NCCC[NH+](C)C)CCOC(C(C)C)C1.O=C([O-])C(=O)O. The molecule has 0 spiro atoms. The molecular weight excluding hydrogens is 428 g/mol. The van der Waals surface area contributed by atoms with Gasteiger partial charge in [-0.3, -0.25) is 4.79 Å². The number of ether oxygens (including phenoxy) is 2. The molecule has 0 saturated carbocycles. The average Bonchev–Trinajstić information content (AvgIpc) is 2.77. The Morgan fingerprint density at radius 1 is 1.30 bits per heavy atom. The molecule has 0 radical (unpaired) electrons. The largest absolute Gasteiger partial charge is 0.539 e. The van der Waals surface area contributed by atoms with E-state index in [-0.39, 0.29) is 17.4 Å². The van der Waals surface area contributed by atoms with E-state index in [1.54, 1.807) is 7.11 Å². The number of quaternary nitrogens is 1. The Hall–Kier alpha value is -2.65. The van der Waals surface area contributed by atoms with E-state index in [2.05, 4.69) is 39.3 Å². The van der Waals surface area contributed by atoms with E-state index in [4.69, 9.17) is 29.3 Å². The molecule has 2 unspecified atom stereocenters. The summed E-state index contributed by atoms with van der Waals surface area (Å²) in [7, 11) is 5.97. The van der Waals surface area contributed by atoms with Crippen molar-refractivity contribution in [1.29, 1.82) is 0 Å². The molecular formula is C24H38N2O7. The Kier molecular flexibility index (Phi) is 11.9. The summed E-state index contributed by atoms with van der Waals surface area (Å²) in [5.41, 5.74) is 0.894. The maximum absolute atomic E-state index is 12.8. The van der Waals surface area contributed by atoms with Gasteiger partial charge in [-0.05, 0) is 24.8 Å². The summed E-state index contributed by atoms with van der Waals surface area (Å²) in [6.07, 6.45) is 3.32. The molecule has 1 aliphatic heterocycles. The summed E-state index contributed by atoms with van der Waals surface area (Å²) in [6, 6.07) is 8.13. The van der Waals surface area contributed by atoms with Crippen LogP contribution in [0.5, 0.6) is 5.75 Å². The van der Waals surface area contributed by atoms with Crippen molar-refractivity contribution in [3.05, 3.63) is 29.8 Å². The number of benzene rings is 1. The molecule has 1 fully saturated rings. The number of carbonyl (C=O) groups is 3. The van der Waals surface area contributed by atoms with Crippen molar-refractivity contribution in [2.45, 2.75) is 51.0 Å². The monoisotopic (exact) mass is 466 g/mol. The Morgan fingerprint density at radius 2 is 1.94 bits per heavy atom. The van der Waals surface area contributed by atoms with Gasteiger partial charge in [0.25, 0.3) is 0 Å². The topological polar surface area (TPSA) is 129 Å². The van der Waals surface area contributed by atoms with Gasteiger partial charge in [-0.1, -0.05) is 32.0 Å². The highest BCUT2D eigenvalue weighted by molar-refractivity contribution is 6.26. The van der Waals surface area contributed by atoms with Gasteiger partial charge in [-0.15, -0.1) is 0 Å². The summed E-state index contributed by atoms with van der Waals surface area (Å²) >= 11 is 0. The number of rotatable bonds is 9. The number of aliphatic carboxylic acids is 2. The van der Waals surface area contributed by atoms with Crippen LogP contribution in [0.1, 0.15) is 45.1 Å². The van der Waals surface area contributed by atoms with E-state index in [1.165, 1.54) is 4.90 Å². The third-order valence-corrected chi connectivity index (χ3v) is 5.78. The van der Waals surface area contributed by atoms with E-state index in [0.717, 1.165) is 43.7 Å². The predicted molar refractivity (Wildman–Crippen MR) is 121 cm³/mol. The lowest BCUT2D eigenvalue weighted by molar-refractivity contribution is -0.858. The number of nitrogens with one attached hydrogen (secondary N) is 2. The Morgan fingerprint density at radius 3 is 2.48 bits per heavy atom. The Labute approximate surface area is 196 Å². The molecule has 3 N–H and O–H groups in total. The van der Waals surface area contributed by atoms with Gasteiger partial charge in [0.15, 0.2) is 5.97 Å². The Bertz CT molecular complexity index is 770. The quantitative estimate of drug-likeness (QED) is 0.334. The number of carbonyl (C=O) groups excluding carboxylic acids is 2. The first kappa shape index (κ1) is 28.4. The van der Waals surface area contributed by atoms with Gasteiger partial charge in [0.1, 0.15) is 5.75 Å². The maximum atomic E-state index is 12.8. The number of methoxy groups -OCH3 is 1. The minimum atomic E-state index is -2.07. The maximum Gasteiger partial charge on any atom is 0.351 e.